The van der Waals surface area contributed by atoms with Gasteiger partial charge in [0.15, 0.2) is 0 Å². The molecule has 4 N–H and O–H groups in total. The molecule has 0 aliphatic carbocycles. The number of aliphatic hydroxyl groups is 1. The second-order valence-electron chi connectivity index (χ2n) is 8.06. The Kier molecular flexibility index (Phi) is 6.71. The highest BCUT2D eigenvalue weighted by atomic mass is 19.1. The highest BCUT2D eigenvalue weighted by Gasteiger charge is 2.34. The Labute approximate surface area is 153 Å². The van der Waals surface area contributed by atoms with Crippen molar-refractivity contribution in [2.75, 3.05) is 13.1 Å². The summed E-state index contributed by atoms with van der Waals surface area (Å²) < 4.78 is 27.0. The standard InChI is InChI=1S/C19H29F2N3O2/c1-19(2,3)23-18(26)16-5-4-8-24(16)11-17(25)15(22)10-12-9-13(20)6-7-14(12)21/h6-7,9,15-17,25H,4-5,8,10-11,22H2,1-3H3,(H,23,26)/t15?,16-,17?/m0/s1. The third-order valence-electron chi connectivity index (χ3n) is 4.54. The molecule has 1 amide bonds. The fraction of sp³-hybridized carbons (Fsp3) is 0.632. The molecular formula is C19H29F2N3O2. The van der Waals surface area contributed by atoms with Crippen molar-refractivity contribution in [3.8, 4) is 0 Å². The van der Waals surface area contributed by atoms with Crippen molar-refractivity contribution in [1.82, 2.24) is 10.2 Å². The highest BCUT2D eigenvalue weighted by molar-refractivity contribution is 5.82. The topological polar surface area (TPSA) is 78.6 Å². The largest absolute Gasteiger partial charge is 0.390 e. The zero-order valence-electron chi connectivity index (χ0n) is 15.6. The van der Waals surface area contributed by atoms with Crippen LogP contribution in [0.3, 0.4) is 0 Å². The summed E-state index contributed by atoms with van der Waals surface area (Å²) in [6, 6.07) is 2.14. The van der Waals surface area contributed by atoms with Crippen LogP contribution < -0.4 is 11.1 Å². The Balaban J connectivity index is 1.95. The Morgan fingerprint density at radius 2 is 2.12 bits per heavy atom. The molecule has 1 saturated heterocycles. The minimum absolute atomic E-state index is 0.0253. The molecule has 1 fully saturated rings. The van der Waals surface area contributed by atoms with E-state index < -0.39 is 23.8 Å². The first-order valence-corrected chi connectivity index (χ1v) is 9.00. The first-order valence-electron chi connectivity index (χ1n) is 9.00. The van der Waals surface area contributed by atoms with E-state index in [2.05, 4.69) is 5.32 Å². The highest BCUT2D eigenvalue weighted by Crippen LogP contribution is 2.20. The van der Waals surface area contributed by atoms with Gasteiger partial charge in [0.05, 0.1) is 12.1 Å². The van der Waals surface area contributed by atoms with Crippen LogP contribution >= 0.6 is 0 Å². The molecule has 1 aliphatic heterocycles. The van der Waals surface area contributed by atoms with Crippen LogP contribution in [0.25, 0.3) is 0 Å². The van der Waals surface area contributed by atoms with Crippen LogP contribution in [0, 0.1) is 11.6 Å². The van der Waals surface area contributed by atoms with Gasteiger partial charge in [-0.3, -0.25) is 9.69 Å². The van der Waals surface area contributed by atoms with Gasteiger partial charge in [0, 0.05) is 18.1 Å². The quantitative estimate of drug-likeness (QED) is 0.711. The molecule has 0 saturated carbocycles. The maximum absolute atomic E-state index is 13.8. The molecule has 146 valence electrons. The number of β-amino-alcohol motifs (C(OH)–C–C–N with tert-alkyl or cyclic N) is 1. The van der Waals surface area contributed by atoms with Gasteiger partial charge in [0.25, 0.3) is 0 Å². The maximum Gasteiger partial charge on any atom is 0.237 e. The van der Waals surface area contributed by atoms with Crippen molar-refractivity contribution in [3.05, 3.63) is 35.4 Å². The molecule has 2 rings (SSSR count). The second kappa shape index (κ2) is 8.41. The number of amides is 1. The van der Waals surface area contributed by atoms with Gasteiger partial charge in [-0.05, 0) is 70.3 Å². The average molecular weight is 369 g/mol. The van der Waals surface area contributed by atoms with E-state index in [1.54, 1.807) is 0 Å². The smallest absolute Gasteiger partial charge is 0.237 e. The van der Waals surface area contributed by atoms with Crippen LogP contribution in [0.2, 0.25) is 0 Å². The molecule has 0 spiro atoms. The summed E-state index contributed by atoms with van der Waals surface area (Å²) >= 11 is 0. The van der Waals surface area contributed by atoms with Crippen molar-refractivity contribution in [3.63, 3.8) is 0 Å². The van der Waals surface area contributed by atoms with Gasteiger partial charge in [0.2, 0.25) is 5.91 Å². The van der Waals surface area contributed by atoms with Crippen LogP contribution in [0.4, 0.5) is 8.78 Å². The molecule has 0 bridgehead atoms. The van der Waals surface area contributed by atoms with Crippen LogP contribution in [-0.4, -0.2) is 52.7 Å². The summed E-state index contributed by atoms with van der Waals surface area (Å²) in [5, 5.41) is 13.4. The summed E-state index contributed by atoms with van der Waals surface area (Å²) in [5.74, 6) is -1.15. The number of rotatable bonds is 6. The van der Waals surface area contributed by atoms with Gasteiger partial charge in [-0.25, -0.2) is 8.78 Å². The summed E-state index contributed by atoms with van der Waals surface area (Å²) in [6.07, 6.45) is 0.670. The van der Waals surface area contributed by atoms with Crippen LogP contribution in [0.1, 0.15) is 39.2 Å². The van der Waals surface area contributed by atoms with Crippen molar-refractivity contribution in [2.24, 2.45) is 5.73 Å². The lowest BCUT2D eigenvalue weighted by Crippen LogP contribution is -2.53. The minimum Gasteiger partial charge on any atom is -0.390 e. The number of nitrogens with one attached hydrogen (secondary N) is 1. The predicted molar refractivity (Wildman–Crippen MR) is 96.5 cm³/mol. The minimum atomic E-state index is -0.944. The monoisotopic (exact) mass is 369 g/mol. The predicted octanol–water partition coefficient (Wildman–Crippen LogP) is 1.57. The number of benzene rings is 1. The third kappa shape index (κ3) is 5.72. The van der Waals surface area contributed by atoms with E-state index in [1.807, 2.05) is 25.7 Å². The van der Waals surface area contributed by atoms with E-state index in [-0.39, 0.29) is 36.0 Å². The number of carbonyl (C=O) groups is 1. The Morgan fingerprint density at radius 1 is 1.42 bits per heavy atom. The molecule has 2 unspecified atom stereocenters. The number of nitrogens with two attached hydrogens (primary N) is 1. The molecule has 0 radical (unpaired) electrons. The molecule has 1 aromatic rings. The zero-order valence-corrected chi connectivity index (χ0v) is 15.6. The van der Waals surface area contributed by atoms with E-state index in [1.165, 1.54) is 0 Å². The Bertz CT molecular complexity index is 634. The average Bonchev–Trinajstić information content (AvgIpc) is 2.97. The van der Waals surface area contributed by atoms with E-state index in [4.69, 9.17) is 5.73 Å². The van der Waals surface area contributed by atoms with Crippen molar-refractivity contribution >= 4 is 5.91 Å². The normalized spacial score (nSPS) is 20.8. The Morgan fingerprint density at radius 3 is 2.77 bits per heavy atom. The SMILES string of the molecule is CC(C)(C)NC(=O)[C@@H]1CCCN1CC(O)C(N)Cc1cc(F)ccc1F. The van der Waals surface area contributed by atoms with Crippen LogP contribution in [0.5, 0.6) is 0 Å². The van der Waals surface area contributed by atoms with Gasteiger partial charge in [-0.2, -0.15) is 0 Å². The van der Waals surface area contributed by atoms with Crippen molar-refractivity contribution < 1.29 is 18.7 Å². The summed E-state index contributed by atoms with van der Waals surface area (Å²) in [4.78, 5) is 14.3. The number of aliphatic hydroxyl groups excluding tert-OH is 1. The number of hydrogen-bond acceptors (Lipinski definition) is 4. The lowest BCUT2D eigenvalue weighted by molar-refractivity contribution is -0.127. The fourth-order valence-corrected chi connectivity index (χ4v) is 3.26. The number of carbonyl (C=O) groups excluding carboxylic acids is 1. The summed E-state index contributed by atoms with van der Waals surface area (Å²) in [5.41, 5.74) is 5.82. The molecule has 7 heteroatoms. The van der Waals surface area contributed by atoms with Gasteiger partial charge in [0.1, 0.15) is 11.6 Å². The number of likely N-dealkylation sites (tertiary alicyclic amines) is 1. The third-order valence-corrected chi connectivity index (χ3v) is 4.54. The number of hydrogen-bond donors (Lipinski definition) is 3. The maximum atomic E-state index is 13.8. The lowest BCUT2D eigenvalue weighted by atomic mass is 10.0. The van der Waals surface area contributed by atoms with E-state index in [0.717, 1.165) is 31.0 Å². The molecular weight excluding hydrogens is 340 g/mol. The van der Waals surface area contributed by atoms with Gasteiger partial charge >= 0.3 is 0 Å². The van der Waals surface area contributed by atoms with Crippen molar-refractivity contribution in [1.29, 1.82) is 0 Å². The van der Waals surface area contributed by atoms with Crippen molar-refractivity contribution in [2.45, 2.75) is 63.8 Å². The molecule has 1 aromatic carbocycles. The molecule has 5 nitrogen and oxygen atoms in total. The molecule has 26 heavy (non-hydrogen) atoms. The summed E-state index contributed by atoms with van der Waals surface area (Å²) in [7, 11) is 0. The molecule has 1 heterocycles. The second-order valence-corrected chi connectivity index (χ2v) is 8.06. The molecule has 3 atom stereocenters. The Hall–Kier alpha value is -1.57. The van der Waals surface area contributed by atoms with Gasteiger partial charge < -0.3 is 16.2 Å². The first kappa shape index (κ1) is 20.7. The zero-order chi connectivity index (χ0) is 19.5. The molecule has 1 aliphatic rings. The van der Waals surface area contributed by atoms with E-state index in [9.17, 15) is 18.7 Å². The fourth-order valence-electron chi connectivity index (χ4n) is 3.26. The van der Waals surface area contributed by atoms with Gasteiger partial charge in [-0.1, -0.05) is 0 Å². The van der Waals surface area contributed by atoms with E-state index in [0.29, 0.717) is 6.54 Å². The molecule has 0 aromatic heterocycles. The first-order chi connectivity index (χ1) is 12.1. The summed E-state index contributed by atoms with van der Waals surface area (Å²) in [6.45, 7) is 6.67. The number of nitrogens with zero attached hydrogens (tertiary/aromatic N) is 1. The van der Waals surface area contributed by atoms with Crippen LogP contribution in [0.15, 0.2) is 18.2 Å². The lowest BCUT2D eigenvalue weighted by Gasteiger charge is -2.31. The van der Waals surface area contributed by atoms with E-state index >= 15 is 0 Å². The van der Waals surface area contributed by atoms with Crippen LogP contribution in [-0.2, 0) is 11.2 Å². The van der Waals surface area contributed by atoms with Gasteiger partial charge in [-0.15, -0.1) is 0 Å². The number of halogens is 2.